The Bertz CT molecular complexity index is 703. The van der Waals surface area contributed by atoms with Crippen LogP contribution in [0, 0.1) is 0 Å². The van der Waals surface area contributed by atoms with E-state index in [2.05, 4.69) is 10.1 Å². The fraction of sp³-hybridized carbons (Fsp3) is 0.368. The highest BCUT2D eigenvalue weighted by atomic mass is 19.4. The van der Waals surface area contributed by atoms with Crippen molar-refractivity contribution < 1.29 is 27.8 Å². The molecule has 1 fully saturated rings. The van der Waals surface area contributed by atoms with Crippen LogP contribution in [-0.4, -0.2) is 43.4 Å². The third-order valence-corrected chi connectivity index (χ3v) is 4.32. The Balaban J connectivity index is 2.01. The fourth-order valence-corrected chi connectivity index (χ4v) is 3.20. The van der Waals surface area contributed by atoms with E-state index in [9.17, 15) is 18.3 Å². The van der Waals surface area contributed by atoms with E-state index in [0.717, 1.165) is 0 Å². The number of aliphatic hydroxyl groups excluding tert-OH is 1. The van der Waals surface area contributed by atoms with Crippen molar-refractivity contribution in [1.82, 2.24) is 5.32 Å². The maximum Gasteiger partial charge on any atom is 0.573 e. The fourth-order valence-electron chi connectivity index (χ4n) is 3.20. The van der Waals surface area contributed by atoms with Crippen LogP contribution < -0.4 is 10.1 Å². The highest BCUT2D eigenvalue weighted by Crippen LogP contribution is 2.38. The van der Waals surface area contributed by atoms with Crippen LogP contribution >= 0.6 is 0 Å². The van der Waals surface area contributed by atoms with E-state index < -0.39 is 24.5 Å². The second-order valence-electron chi connectivity index (χ2n) is 6.08. The maximum atomic E-state index is 12.8. The molecule has 0 amide bonds. The lowest BCUT2D eigenvalue weighted by atomic mass is 9.83. The van der Waals surface area contributed by atoms with Crippen molar-refractivity contribution in [3.63, 3.8) is 0 Å². The van der Waals surface area contributed by atoms with Gasteiger partial charge in [0.2, 0.25) is 0 Å². The number of nitrogens with one attached hydrogen (secondary N) is 1. The van der Waals surface area contributed by atoms with Gasteiger partial charge in [-0.05, 0) is 11.6 Å². The minimum atomic E-state index is -4.81. The number of ether oxygens (including phenoxy) is 2. The third kappa shape index (κ3) is 4.55. The molecule has 1 saturated heterocycles. The molecule has 140 valence electrons. The minimum absolute atomic E-state index is 0.262. The molecule has 3 atom stereocenters. The van der Waals surface area contributed by atoms with Crippen LogP contribution in [0.2, 0.25) is 0 Å². The summed E-state index contributed by atoms with van der Waals surface area (Å²) in [5.74, 6) is -1.05. The molecule has 0 saturated carbocycles. The SMILES string of the molecule is OC(C1CNCCO1)C(c1ccccc1)c1ccccc1OC(F)(F)F. The number of para-hydroxylation sites is 1. The lowest BCUT2D eigenvalue weighted by Crippen LogP contribution is -2.47. The van der Waals surface area contributed by atoms with Crippen molar-refractivity contribution in [2.24, 2.45) is 0 Å². The van der Waals surface area contributed by atoms with E-state index in [0.29, 0.717) is 25.3 Å². The van der Waals surface area contributed by atoms with Crippen LogP contribution in [0.15, 0.2) is 54.6 Å². The topological polar surface area (TPSA) is 50.7 Å². The average molecular weight is 367 g/mol. The molecule has 1 aliphatic heterocycles. The van der Waals surface area contributed by atoms with Crippen LogP contribution in [0.4, 0.5) is 13.2 Å². The van der Waals surface area contributed by atoms with Crippen molar-refractivity contribution >= 4 is 0 Å². The van der Waals surface area contributed by atoms with E-state index in [4.69, 9.17) is 4.74 Å². The summed E-state index contributed by atoms with van der Waals surface area (Å²) in [6.07, 6.45) is -6.39. The number of hydrogen-bond acceptors (Lipinski definition) is 4. The zero-order chi connectivity index (χ0) is 18.6. The standard InChI is InChI=1S/C19H20F3NO3/c20-19(21,22)26-15-9-5-4-8-14(15)17(13-6-2-1-3-7-13)18(24)16-12-23-10-11-25-16/h1-9,16-18,23-24H,10-12H2. The molecule has 0 aromatic heterocycles. The molecule has 1 heterocycles. The summed E-state index contributed by atoms with van der Waals surface area (Å²) < 4.78 is 48.3. The lowest BCUT2D eigenvalue weighted by Gasteiger charge is -2.34. The van der Waals surface area contributed by atoms with Crippen LogP contribution in [0.3, 0.4) is 0 Å². The summed E-state index contributed by atoms with van der Waals surface area (Å²) >= 11 is 0. The first-order valence-corrected chi connectivity index (χ1v) is 8.36. The molecule has 0 aliphatic carbocycles. The van der Waals surface area contributed by atoms with E-state index in [-0.39, 0.29) is 11.3 Å². The molecule has 4 nitrogen and oxygen atoms in total. The van der Waals surface area contributed by atoms with Crippen molar-refractivity contribution in [3.05, 3.63) is 65.7 Å². The van der Waals surface area contributed by atoms with E-state index in [1.54, 1.807) is 30.3 Å². The Morgan fingerprint density at radius 1 is 1.08 bits per heavy atom. The lowest BCUT2D eigenvalue weighted by molar-refractivity contribution is -0.275. The molecule has 7 heteroatoms. The largest absolute Gasteiger partial charge is 0.573 e. The van der Waals surface area contributed by atoms with Crippen molar-refractivity contribution in [1.29, 1.82) is 0 Å². The normalized spacial score (nSPS) is 20.4. The zero-order valence-corrected chi connectivity index (χ0v) is 13.9. The van der Waals surface area contributed by atoms with Crippen LogP contribution in [-0.2, 0) is 4.74 Å². The molecule has 1 aliphatic rings. The number of alkyl halides is 3. The Hall–Kier alpha value is -2.09. The summed E-state index contributed by atoms with van der Waals surface area (Å²) in [5.41, 5.74) is 0.949. The second kappa shape index (κ2) is 8.07. The molecular weight excluding hydrogens is 347 g/mol. The van der Waals surface area contributed by atoms with Crippen molar-refractivity contribution in [2.75, 3.05) is 19.7 Å². The molecule has 3 unspecified atom stereocenters. The molecule has 2 aromatic rings. The Morgan fingerprint density at radius 2 is 1.77 bits per heavy atom. The highest BCUT2D eigenvalue weighted by molar-refractivity contribution is 5.43. The van der Waals surface area contributed by atoms with Gasteiger partial charge < -0.3 is 19.9 Å². The first-order chi connectivity index (χ1) is 12.5. The van der Waals surface area contributed by atoms with Crippen molar-refractivity contribution in [2.45, 2.75) is 24.5 Å². The molecule has 2 aromatic carbocycles. The van der Waals surface area contributed by atoms with Crippen LogP contribution in [0.1, 0.15) is 17.0 Å². The first-order valence-electron chi connectivity index (χ1n) is 8.36. The zero-order valence-electron chi connectivity index (χ0n) is 13.9. The number of hydrogen-bond donors (Lipinski definition) is 2. The van der Waals surface area contributed by atoms with Crippen LogP contribution in [0.5, 0.6) is 5.75 Å². The molecular formula is C19H20F3NO3. The highest BCUT2D eigenvalue weighted by Gasteiger charge is 2.37. The van der Waals surface area contributed by atoms with Gasteiger partial charge in [-0.25, -0.2) is 0 Å². The molecule has 2 N–H and O–H groups in total. The summed E-state index contributed by atoms with van der Waals surface area (Å²) in [4.78, 5) is 0. The van der Waals surface area contributed by atoms with E-state index in [1.807, 2.05) is 6.07 Å². The molecule has 0 spiro atoms. The quantitative estimate of drug-likeness (QED) is 0.853. The Kier molecular flexibility index (Phi) is 5.80. The summed E-state index contributed by atoms with van der Waals surface area (Å²) in [6, 6.07) is 14.8. The number of aliphatic hydroxyl groups is 1. The number of rotatable bonds is 5. The average Bonchev–Trinajstić information content (AvgIpc) is 2.64. The monoisotopic (exact) mass is 367 g/mol. The van der Waals surface area contributed by atoms with Gasteiger partial charge in [-0.15, -0.1) is 13.2 Å². The Morgan fingerprint density at radius 3 is 2.42 bits per heavy atom. The third-order valence-electron chi connectivity index (χ3n) is 4.32. The number of halogens is 3. The van der Waals surface area contributed by atoms with Gasteiger partial charge in [-0.3, -0.25) is 0 Å². The first kappa shape index (κ1) is 18.7. The summed E-state index contributed by atoms with van der Waals surface area (Å²) in [7, 11) is 0. The maximum absolute atomic E-state index is 12.8. The van der Waals surface area contributed by atoms with Crippen molar-refractivity contribution in [3.8, 4) is 5.75 Å². The van der Waals surface area contributed by atoms with E-state index >= 15 is 0 Å². The predicted molar refractivity (Wildman–Crippen MR) is 90.0 cm³/mol. The molecule has 3 rings (SSSR count). The van der Waals surface area contributed by atoms with E-state index in [1.165, 1.54) is 18.2 Å². The second-order valence-corrected chi connectivity index (χ2v) is 6.08. The van der Waals surface area contributed by atoms with Crippen LogP contribution in [0.25, 0.3) is 0 Å². The van der Waals surface area contributed by atoms with Gasteiger partial charge in [-0.1, -0.05) is 48.5 Å². The van der Waals surface area contributed by atoms with Gasteiger partial charge in [0.15, 0.2) is 0 Å². The molecule has 0 bridgehead atoms. The van der Waals surface area contributed by atoms with Gasteiger partial charge in [0.1, 0.15) is 5.75 Å². The van der Waals surface area contributed by atoms with Gasteiger partial charge in [0.25, 0.3) is 0 Å². The predicted octanol–water partition coefficient (Wildman–Crippen LogP) is 3.07. The molecule has 26 heavy (non-hydrogen) atoms. The number of morpholine rings is 1. The summed E-state index contributed by atoms with van der Waals surface area (Å²) in [5, 5.41) is 14.1. The van der Waals surface area contributed by atoms with Gasteiger partial charge in [0, 0.05) is 24.6 Å². The Labute approximate surface area is 149 Å². The summed E-state index contributed by atoms with van der Waals surface area (Å²) in [6.45, 7) is 1.53. The van der Waals surface area contributed by atoms with Gasteiger partial charge in [-0.2, -0.15) is 0 Å². The molecule has 0 radical (unpaired) electrons. The smallest absolute Gasteiger partial charge is 0.405 e. The van der Waals surface area contributed by atoms with Gasteiger partial charge >= 0.3 is 6.36 Å². The number of benzene rings is 2. The minimum Gasteiger partial charge on any atom is -0.405 e. The van der Waals surface area contributed by atoms with Gasteiger partial charge in [0.05, 0.1) is 18.8 Å².